The molecule has 0 unspecified atom stereocenters. The van der Waals surface area contributed by atoms with Gasteiger partial charge in [-0.2, -0.15) is 5.10 Å². The van der Waals surface area contributed by atoms with Crippen LogP contribution in [-0.2, 0) is 0 Å². The minimum absolute atomic E-state index is 0.00788. The van der Waals surface area contributed by atoms with E-state index < -0.39 is 0 Å². The zero-order chi connectivity index (χ0) is 17.6. The van der Waals surface area contributed by atoms with Crippen molar-refractivity contribution < 1.29 is 4.79 Å². The highest BCUT2D eigenvalue weighted by Gasteiger charge is 2.38. The Balaban J connectivity index is 1.70. The topological polar surface area (TPSA) is 49.0 Å². The largest absolute Gasteiger partial charge is 0.327 e. The van der Waals surface area contributed by atoms with Crippen molar-refractivity contribution in [1.29, 1.82) is 0 Å². The lowest BCUT2D eigenvalue weighted by Crippen LogP contribution is -2.36. The minimum Gasteiger partial charge on any atom is -0.327 e. The van der Waals surface area contributed by atoms with E-state index in [9.17, 15) is 4.79 Å². The van der Waals surface area contributed by atoms with Gasteiger partial charge in [0.05, 0.1) is 10.5 Å². The Hall–Kier alpha value is -2.14. The molecule has 1 saturated carbocycles. The number of carbonyl (C=O) groups excluding carboxylic acids is 1. The van der Waals surface area contributed by atoms with E-state index >= 15 is 0 Å². The molecule has 1 aliphatic rings. The molecule has 1 amide bonds. The van der Waals surface area contributed by atoms with Gasteiger partial charge in [-0.3, -0.25) is 9.89 Å². The normalized spacial score (nSPS) is 15.3. The number of aryl methyl sites for hydroxylation is 1. The number of hydrogen-bond donors (Lipinski definition) is 1. The highest BCUT2D eigenvalue weighted by molar-refractivity contribution is 9.10. The predicted octanol–water partition coefficient (Wildman–Crippen LogP) is 5.00. The molecule has 1 atom stereocenters. The van der Waals surface area contributed by atoms with Crippen LogP contribution in [0.5, 0.6) is 0 Å². The molecule has 5 heteroatoms. The average Bonchev–Trinajstić information content (AvgIpc) is 3.40. The summed E-state index contributed by atoms with van der Waals surface area (Å²) in [5.41, 5.74) is 2.50. The smallest absolute Gasteiger partial charge is 0.276 e. The number of amides is 1. The Morgan fingerprint density at radius 3 is 2.60 bits per heavy atom. The number of benzene rings is 2. The standard InChI is InChI=1S/C20H20BrN3O/c1-12-18(21)19(23-22-12)20(25)24(17-9-10-17)13(2)15-8-7-14-5-3-4-6-16(14)11-15/h3-8,11,13,17H,9-10H2,1-2H3,(H,22,23)/t13-/m1/s1. The summed E-state index contributed by atoms with van der Waals surface area (Å²) >= 11 is 3.49. The van der Waals surface area contributed by atoms with Gasteiger partial charge in [0.25, 0.3) is 5.91 Å². The summed E-state index contributed by atoms with van der Waals surface area (Å²) in [6.45, 7) is 4.01. The zero-order valence-electron chi connectivity index (χ0n) is 14.3. The number of aromatic nitrogens is 2. The molecule has 0 saturated heterocycles. The van der Waals surface area contributed by atoms with Crippen molar-refractivity contribution in [1.82, 2.24) is 15.1 Å². The van der Waals surface area contributed by atoms with Gasteiger partial charge in [-0.1, -0.05) is 36.4 Å². The highest BCUT2D eigenvalue weighted by Crippen LogP contribution is 2.37. The Morgan fingerprint density at radius 1 is 1.24 bits per heavy atom. The summed E-state index contributed by atoms with van der Waals surface area (Å²) in [4.78, 5) is 15.1. The highest BCUT2D eigenvalue weighted by atomic mass is 79.9. The number of halogens is 1. The summed E-state index contributed by atoms with van der Waals surface area (Å²) in [6.07, 6.45) is 2.12. The maximum Gasteiger partial charge on any atom is 0.276 e. The summed E-state index contributed by atoms with van der Waals surface area (Å²) in [5, 5.41) is 9.52. The zero-order valence-corrected chi connectivity index (χ0v) is 15.9. The fourth-order valence-electron chi connectivity index (χ4n) is 3.32. The van der Waals surface area contributed by atoms with Crippen LogP contribution in [0.15, 0.2) is 46.9 Å². The fourth-order valence-corrected chi connectivity index (χ4v) is 3.67. The second kappa shape index (κ2) is 6.30. The van der Waals surface area contributed by atoms with Gasteiger partial charge in [-0.25, -0.2) is 0 Å². The number of carbonyl (C=O) groups is 1. The monoisotopic (exact) mass is 397 g/mol. The van der Waals surface area contributed by atoms with Crippen molar-refractivity contribution in [3.8, 4) is 0 Å². The van der Waals surface area contributed by atoms with Crippen LogP contribution in [0.2, 0.25) is 0 Å². The van der Waals surface area contributed by atoms with Gasteiger partial charge < -0.3 is 4.90 Å². The first-order valence-corrected chi connectivity index (χ1v) is 9.37. The Labute approximate surface area is 155 Å². The third-order valence-electron chi connectivity index (χ3n) is 4.92. The molecule has 1 heterocycles. The summed E-state index contributed by atoms with van der Waals surface area (Å²) in [7, 11) is 0. The molecule has 128 valence electrons. The van der Waals surface area contributed by atoms with Crippen LogP contribution >= 0.6 is 15.9 Å². The lowest BCUT2D eigenvalue weighted by molar-refractivity contribution is 0.0667. The molecule has 0 bridgehead atoms. The van der Waals surface area contributed by atoms with E-state index in [-0.39, 0.29) is 11.9 Å². The van der Waals surface area contributed by atoms with Crippen LogP contribution in [-0.4, -0.2) is 27.0 Å². The number of hydrogen-bond acceptors (Lipinski definition) is 2. The molecule has 4 rings (SSSR count). The number of nitrogens with one attached hydrogen (secondary N) is 1. The molecule has 4 nitrogen and oxygen atoms in total. The lowest BCUT2D eigenvalue weighted by Gasteiger charge is -2.29. The van der Waals surface area contributed by atoms with Crippen molar-refractivity contribution in [2.24, 2.45) is 0 Å². The van der Waals surface area contributed by atoms with Gasteiger partial charge in [0.1, 0.15) is 0 Å². The number of fused-ring (bicyclic) bond motifs is 1. The third kappa shape index (κ3) is 2.97. The first kappa shape index (κ1) is 16.3. The van der Waals surface area contributed by atoms with E-state index in [1.807, 2.05) is 24.0 Å². The molecular weight excluding hydrogens is 378 g/mol. The van der Waals surface area contributed by atoms with Crippen LogP contribution in [0, 0.1) is 6.92 Å². The van der Waals surface area contributed by atoms with Crippen molar-refractivity contribution in [2.75, 3.05) is 0 Å². The quantitative estimate of drug-likeness (QED) is 0.673. The molecule has 1 aliphatic carbocycles. The molecule has 1 fully saturated rings. The molecule has 0 aliphatic heterocycles. The summed E-state index contributed by atoms with van der Waals surface area (Å²) in [5.74, 6) is -0.0145. The van der Waals surface area contributed by atoms with Crippen LogP contribution in [0.25, 0.3) is 10.8 Å². The van der Waals surface area contributed by atoms with E-state index in [0.717, 1.165) is 28.6 Å². The fraction of sp³-hybridized carbons (Fsp3) is 0.300. The molecule has 1 N–H and O–H groups in total. The van der Waals surface area contributed by atoms with Crippen LogP contribution in [0.4, 0.5) is 0 Å². The van der Waals surface area contributed by atoms with Crippen LogP contribution in [0.3, 0.4) is 0 Å². The number of aromatic amines is 1. The van der Waals surface area contributed by atoms with E-state index in [2.05, 4.69) is 63.4 Å². The van der Waals surface area contributed by atoms with Gasteiger partial charge >= 0.3 is 0 Å². The predicted molar refractivity (Wildman–Crippen MR) is 103 cm³/mol. The van der Waals surface area contributed by atoms with E-state index in [1.54, 1.807) is 0 Å². The molecule has 3 aromatic rings. The Morgan fingerprint density at radius 2 is 1.96 bits per heavy atom. The van der Waals surface area contributed by atoms with Gasteiger partial charge in [-0.05, 0) is 65.0 Å². The van der Waals surface area contributed by atoms with E-state index in [1.165, 1.54) is 10.8 Å². The van der Waals surface area contributed by atoms with Crippen molar-refractivity contribution >= 4 is 32.6 Å². The SMILES string of the molecule is Cc1[nH]nc(C(=O)N(C2CC2)[C@H](C)c2ccc3ccccc3c2)c1Br. The van der Waals surface area contributed by atoms with Gasteiger partial charge in [0.15, 0.2) is 5.69 Å². The molecule has 0 radical (unpaired) electrons. The van der Waals surface area contributed by atoms with Gasteiger partial charge in [-0.15, -0.1) is 0 Å². The number of H-pyrrole nitrogens is 1. The average molecular weight is 398 g/mol. The van der Waals surface area contributed by atoms with E-state index in [4.69, 9.17) is 0 Å². The molecule has 2 aromatic carbocycles. The van der Waals surface area contributed by atoms with Crippen molar-refractivity contribution in [2.45, 2.75) is 38.8 Å². The molecule has 1 aromatic heterocycles. The minimum atomic E-state index is -0.0145. The maximum absolute atomic E-state index is 13.2. The number of nitrogens with zero attached hydrogens (tertiary/aromatic N) is 2. The van der Waals surface area contributed by atoms with E-state index in [0.29, 0.717) is 11.7 Å². The van der Waals surface area contributed by atoms with Gasteiger partial charge in [0, 0.05) is 11.7 Å². The molecular formula is C20H20BrN3O. The Bertz CT molecular complexity index is 945. The van der Waals surface area contributed by atoms with Crippen LogP contribution < -0.4 is 0 Å². The Kier molecular flexibility index (Phi) is 4.12. The first-order chi connectivity index (χ1) is 12.1. The van der Waals surface area contributed by atoms with Crippen LogP contribution in [0.1, 0.15) is 47.6 Å². The van der Waals surface area contributed by atoms with Crippen molar-refractivity contribution in [3.05, 3.63) is 63.9 Å². The number of rotatable bonds is 4. The molecule has 25 heavy (non-hydrogen) atoms. The lowest BCUT2D eigenvalue weighted by atomic mass is 10.0. The van der Waals surface area contributed by atoms with Crippen molar-refractivity contribution in [3.63, 3.8) is 0 Å². The first-order valence-electron chi connectivity index (χ1n) is 8.58. The second-order valence-electron chi connectivity index (χ2n) is 6.74. The second-order valence-corrected chi connectivity index (χ2v) is 7.53. The molecule has 0 spiro atoms. The maximum atomic E-state index is 13.2. The third-order valence-corrected chi connectivity index (χ3v) is 5.89. The van der Waals surface area contributed by atoms with Gasteiger partial charge in [0.2, 0.25) is 0 Å². The summed E-state index contributed by atoms with van der Waals surface area (Å²) in [6, 6.07) is 15.1. The summed E-state index contributed by atoms with van der Waals surface area (Å²) < 4.78 is 0.758.